The molecule has 1 aromatic heterocycles. The molecule has 0 spiro atoms. The zero-order valence-electron chi connectivity index (χ0n) is 13.8. The van der Waals surface area contributed by atoms with Crippen molar-refractivity contribution >= 4 is 34.8 Å². The van der Waals surface area contributed by atoms with E-state index in [-0.39, 0.29) is 11.8 Å². The molecule has 4 N–H and O–H groups in total. The van der Waals surface area contributed by atoms with Crippen LogP contribution in [0.4, 0.5) is 17.2 Å². The van der Waals surface area contributed by atoms with Crippen LogP contribution in [0.15, 0.2) is 30.3 Å². The second-order valence-electron chi connectivity index (χ2n) is 5.84. The highest BCUT2D eigenvalue weighted by molar-refractivity contribution is 6.20. The summed E-state index contributed by atoms with van der Waals surface area (Å²) in [5, 5.41) is 11.7. The van der Waals surface area contributed by atoms with E-state index in [0.29, 0.717) is 24.3 Å². The van der Waals surface area contributed by atoms with Gasteiger partial charge in [0, 0.05) is 17.8 Å². The lowest BCUT2D eigenvalue weighted by molar-refractivity contribution is -0.137. The number of hydrogen-bond donors (Lipinski definition) is 3. The van der Waals surface area contributed by atoms with E-state index in [2.05, 4.69) is 10.3 Å². The summed E-state index contributed by atoms with van der Waals surface area (Å²) in [6.45, 7) is 3.88. The van der Waals surface area contributed by atoms with E-state index in [0.717, 1.165) is 22.5 Å². The quantitative estimate of drug-likeness (QED) is 0.639. The number of nitrogens with zero attached hydrogens (tertiary/aromatic N) is 1. The molecular weight excluding hydrogens is 326 g/mol. The Morgan fingerprint density at radius 1 is 1.33 bits per heavy atom. The van der Waals surface area contributed by atoms with Crippen LogP contribution in [0.1, 0.15) is 41.5 Å². The second-order valence-corrected chi connectivity index (χ2v) is 6.37. The third-order valence-corrected chi connectivity index (χ3v) is 4.25. The molecule has 0 amide bonds. The van der Waals surface area contributed by atoms with Gasteiger partial charge in [-0.15, -0.1) is 11.6 Å². The third-order valence-electron chi connectivity index (χ3n) is 3.78. The number of nitrogens with one attached hydrogen (secondary N) is 1. The number of aliphatic carboxylic acids is 1. The summed E-state index contributed by atoms with van der Waals surface area (Å²) in [5.41, 5.74) is 10.4. The summed E-state index contributed by atoms with van der Waals surface area (Å²) >= 11 is 6.32. The first-order valence-electron chi connectivity index (χ1n) is 7.83. The van der Waals surface area contributed by atoms with E-state index in [9.17, 15) is 4.79 Å². The molecule has 6 heteroatoms. The Kier molecular flexibility index (Phi) is 6.04. The maximum absolute atomic E-state index is 10.5. The Labute approximate surface area is 146 Å². The highest BCUT2D eigenvalue weighted by Gasteiger charge is 2.10. The molecule has 128 valence electrons. The van der Waals surface area contributed by atoms with Crippen molar-refractivity contribution in [1.29, 1.82) is 0 Å². The number of pyridine rings is 1. The van der Waals surface area contributed by atoms with Gasteiger partial charge in [-0.25, -0.2) is 4.98 Å². The number of halogens is 1. The van der Waals surface area contributed by atoms with Crippen LogP contribution in [0, 0.1) is 13.8 Å². The highest BCUT2D eigenvalue weighted by Crippen LogP contribution is 2.29. The van der Waals surface area contributed by atoms with Gasteiger partial charge in [-0.2, -0.15) is 0 Å². The number of nitrogens with two attached hydrogens (primary N) is 1. The lowest BCUT2D eigenvalue weighted by atomic mass is 10.1. The zero-order valence-corrected chi connectivity index (χ0v) is 14.6. The van der Waals surface area contributed by atoms with E-state index in [1.807, 2.05) is 44.2 Å². The van der Waals surface area contributed by atoms with Gasteiger partial charge in [0.25, 0.3) is 0 Å². The molecule has 0 bridgehead atoms. The van der Waals surface area contributed by atoms with E-state index in [4.69, 9.17) is 22.4 Å². The molecule has 2 rings (SSSR count). The first kappa shape index (κ1) is 18.1. The number of aromatic nitrogens is 1. The van der Waals surface area contributed by atoms with Gasteiger partial charge in [-0.3, -0.25) is 4.79 Å². The minimum Gasteiger partial charge on any atom is -0.481 e. The smallest absolute Gasteiger partial charge is 0.303 e. The van der Waals surface area contributed by atoms with Crippen LogP contribution in [0.3, 0.4) is 0 Å². The predicted molar refractivity (Wildman–Crippen MR) is 97.9 cm³/mol. The molecular formula is C18H22ClN3O2. The number of aryl methyl sites for hydroxylation is 2. The predicted octanol–water partition coefficient (Wildman–Crippen LogP) is 4.56. The highest BCUT2D eigenvalue weighted by atomic mass is 35.5. The number of hydrogen-bond acceptors (Lipinski definition) is 4. The number of carbonyl (C=O) groups is 1. The standard InChI is InChI=1S/C18H22ClN3O2/c1-11-10-12(2)21-18(17(11)20)22-14-8-6-13(7-9-14)15(19)4-3-5-16(23)24/h6-10,15H,3-5,20H2,1-2H3,(H,21,22)(H,23,24). The molecule has 0 saturated carbocycles. The molecule has 0 aliphatic carbocycles. The molecule has 1 atom stereocenters. The summed E-state index contributed by atoms with van der Waals surface area (Å²) in [5.74, 6) is -0.152. The summed E-state index contributed by atoms with van der Waals surface area (Å²) in [6, 6.07) is 9.64. The minimum absolute atomic E-state index is 0.139. The molecule has 1 unspecified atom stereocenters. The van der Waals surface area contributed by atoms with E-state index >= 15 is 0 Å². The number of nitrogen functional groups attached to an aromatic ring is 1. The fraction of sp³-hybridized carbons (Fsp3) is 0.333. The second kappa shape index (κ2) is 8.02. The maximum atomic E-state index is 10.5. The summed E-state index contributed by atoms with van der Waals surface area (Å²) in [6.07, 6.45) is 1.33. The van der Waals surface area contributed by atoms with Crippen LogP contribution >= 0.6 is 11.6 Å². The van der Waals surface area contributed by atoms with Crippen molar-refractivity contribution in [2.75, 3.05) is 11.1 Å². The van der Waals surface area contributed by atoms with Crippen LogP contribution in [0.5, 0.6) is 0 Å². The number of rotatable bonds is 7. The van der Waals surface area contributed by atoms with Gasteiger partial charge in [0.15, 0.2) is 5.82 Å². The summed E-state index contributed by atoms with van der Waals surface area (Å²) in [7, 11) is 0. The first-order chi connectivity index (χ1) is 11.4. The Balaban J connectivity index is 2.03. The number of carboxylic acid groups (broad SMARTS) is 1. The molecule has 2 aromatic rings. The van der Waals surface area contributed by atoms with E-state index in [1.165, 1.54) is 0 Å². The SMILES string of the molecule is Cc1cc(C)c(N)c(Nc2ccc(C(Cl)CCCC(=O)O)cc2)n1. The molecule has 0 saturated heterocycles. The molecule has 0 radical (unpaired) electrons. The fourth-order valence-electron chi connectivity index (χ4n) is 2.45. The Hall–Kier alpha value is -2.27. The first-order valence-corrected chi connectivity index (χ1v) is 8.27. The summed E-state index contributed by atoms with van der Waals surface area (Å²) in [4.78, 5) is 15.0. The van der Waals surface area contributed by atoms with Crippen molar-refractivity contribution in [2.45, 2.75) is 38.5 Å². The minimum atomic E-state index is -0.794. The van der Waals surface area contributed by atoms with Gasteiger partial charge in [0.1, 0.15) is 0 Å². The van der Waals surface area contributed by atoms with Crippen LogP contribution in [0.2, 0.25) is 0 Å². The molecule has 1 aromatic carbocycles. The van der Waals surface area contributed by atoms with Gasteiger partial charge in [-0.1, -0.05) is 12.1 Å². The van der Waals surface area contributed by atoms with Gasteiger partial charge in [0.05, 0.1) is 11.1 Å². The van der Waals surface area contributed by atoms with Crippen LogP contribution in [0.25, 0.3) is 0 Å². The lowest BCUT2D eigenvalue weighted by Gasteiger charge is -2.13. The number of benzene rings is 1. The number of alkyl halides is 1. The summed E-state index contributed by atoms with van der Waals surface area (Å²) < 4.78 is 0. The van der Waals surface area contributed by atoms with Crippen LogP contribution in [-0.2, 0) is 4.79 Å². The van der Waals surface area contributed by atoms with Gasteiger partial charge >= 0.3 is 5.97 Å². The van der Waals surface area contributed by atoms with Crippen molar-refractivity contribution in [3.8, 4) is 0 Å². The molecule has 0 fully saturated rings. The molecule has 1 heterocycles. The molecule has 24 heavy (non-hydrogen) atoms. The number of anilines is 3. The van der Waals surface area contributed by atoms with Crippen molar-refractivity contribution in [1.82, 2.24) is 4.98 Å². The van der Waals surface area contributed by atoms with E-state index in [1.54, 1.807) is 0 Å². The van der Waals surface area contributed by atoms with E-state index < -0.39 is 5.97 Å². The average molecular weight is 348 g/mol. The van der Waals surface area contributed by atoms with Gasteiger partial charge in [0.2, 0.25) is 0 Å². The molecule has 0 aliphatic heterocycles. The van der Waals surface area contributed by atoms with Crippen molar-refractivity contribution in [2.24, 2.45) is 0 Å². The Morgan fingerprint density at radius 3 is 2.62 bits per heavy atom. The van der Waals surface area contributed by atoms with Crippen LogP contribution < -0.4 is 11.1 Å². The number of carboxylic acids is 1. The van der Waals surface area contributed by atoms with Gasteiger partial charge in [-0.05, 0) is 56.0 Å². The monoisotopic (exact) mass is 347 g/mol. The van der Waals surface area contributed by atoms with Crippen molar-refractivity contribution < 1.29 is 9.90 Å². The topological polar surface area (TPSA) is 88.2 Å². The lowest BCUT2D eigenvalue weighted by Crippen LogP contribution is -2.03. The fourth-order valence-corrected chi connectivity index (χ4v) is 2.75. The zero-order chi connectivity index (χ0) is 17.7. The largest absolute Gasteiger partial charge is 0.481 e. The maximum Gasteiger partial charge on any atom is 0.303 e. The average Bonchev–Trinajstić information content (AvgIpc) is 2.52. The normalized spacial score (nSPS) is 12.0. The van der Waals surface area contributed by atoms with Crippen LogP contribution in [-0.4, -0.2) is 16.1 Å². The molecule has 0 aliphatic rings. The van der Waals surface area contributed by atoms with Crippen molar-refractivity contribution in [3.63, 3.8) is 0 Å². The molecule has 5 nitrogen and oxygen atoms in total. The Bertz CT molecular complexity index is 717. The van der Waals surface area contributed by atoms with Gasteiger partial charge < -0.3 is 16.2 Å². The van der Waals surface area contributed by atoms with Crippen molar-refractivity contribution in [3.05, 3.63) is 47.2 Å². The third kappa shape index (κ3) is 4.86. The Morgan fingerprint density at radius 2 is 2.00 bits per heavy atom.